The van der Waals surface area contributed by atoms with Crippen LogP contribution in [0.15, 0.2) is 48.9 Å². The van der Waals surface area contributed by atoms with Gasteiger partial charge >= 0.3 is 5.97 Å². The second-order valence-electron chi connectivity index (χ2n) is 5.64. The van der Waals surface area contributed by atoms with Crippen molar-refractivity contribution in [3.63, 3.8) is 0 Å². The van der Waals surface area contributed by atoms with Gasteiger partial charge in [-0.1, -0.05) is 0 Å². The van der Waals surface area contributed by atoms with E-state index in [1.165, 1.54) is 18.5 Å². The van der Waals surface area contributed by atoms with E-state index < -0.39 is 5.97 Å². The van der Waals surface area contributed by atoms with Crippen LogP contribution >= 0.6 is 0 Å². The highest BCUT2D eigenvalue weighted by molar-refractivity contribution is 6.00. The van der Waals surface area contributed by atoms with Gasteiger partial charge in [0.2, 0.25) is 11.7 Å². The fraction of sp³-hybridized carbons (Fsp3) is 0.158. The predicted molar refractivity (Wildman–Crippen MR) is 93.4 cm³/mol. The van der Waals surface area contributed by atoms with Crippen LogP contribution in [-0.2, 0) is 4.74 Å². The minimum atomic E-state index is -0.685. The molecular weight excluding hydrogens is 334 g/mol. The lowest BCUT2D eigenvalue weighted by Crippen LogP contribution is -2.15. The summed E-state index contributed by atoms with van der Waals surface area (Å²) in [5.74, 6) is -0.435. The number of carbonyl (C=O) groups is 2. The molecule has 0 aliphatic heterocycles. The smallest absolute Gasteiger partial charge is 0.344 e. The molecule has 0 aliphatic carbocycles. The van der Waals surface area contributed by atoms with Gasteiger partial charge in [0.05, 0.1) is 6.20 Å². The maximum atomic E-state index is 12.4. The number of hydrogen-bond acceptors (Lipinski definition) is 6. The van der Waals surface area contributed by atoms with E-state index in [9.17, 15) is 9.59 Å². The zero-order chi connectivity index (χ0) is 18.5. The molecule has 0 fully saturated rings. The van der Waals surface area contributed by atoms with E-state index in [1.54, 1.807) is 37.4 Å². The third kappa shape index (κ3) is 3.94. The number of hydrogen-bond donors (Lipinski definition) is 1. The first kappa shape index (κ1) is 17.3. The van der Waals surface area contributed by atoms with Gasteiger partial charge < -0.3 is 14.5 Å². The average molecular weight is 351 g/mol. The normalized spacial score (nSPS) is 10.4. The summed E-state index contributed by atoms with van der Waals surface area (Å²) < 4.78 is 10.7. The topological polar surface area (TPSA) is 94.2 Å². The fourth-order valence-electron chi connectivity index (χ4n) is 2.45. The first-order valence-corrected chi connectivity index (χ1v) is 7.94. The highest BCUT2D eigenvalue weighted by atomic mass is 16.5. The minimum absolute atomic E-state index is 0.0895. The number of ketones is 1. The Morgan fingerprint density at radius 3 is 2.62 bits per heavy atom. The molecule has 3 aromatic heterocycles. The first-order chi connectivity index (χ1) is 12.5. The Balaban J connectivity index is 1.70. The summed E-state index contributed by atoms with van der Waals surface area (Å²) in [4.78, 5) is 35.6. The molecule has 0 aromatic carbocycles. The Morgan fingerprint density at radius 2 is 1.92 bits per heavy atom. The SMILES string of the molecule is Cc1cc(C(=O)COC(=O)c2cccnc2Oc2cccnc2)c(C)[nH]1. The van der Waals surface area contributed by atoms with Crippen LogP contribution in [0.2, 0.25) is 0 Å². The molecule has 0 bridgehead atoms. The molecule has 0 saturated heterocycles. The van der Waals surface area contributed by atoms with Gasteiger partial charge in [0.15, 0.2) is 6.61 Å². The van der Waals surface area contributed by atoms with Crippen LogP contribution in [0.25, 0.3) is 0 Å². The Morgan fingerprint density at radius 1 is 1.12 bits per heavy atom. The van der Waals surface area contributed by atoms with Crippen molar-refractivity contribution in [2.75, 3.05) is 6.61 Å². The van der Waals surface area contributed by atoms with E-state index in [1.807, 2.05) is 6.92 Å². The first-order valence-electron chi connectivity index (χ1n) is 7.94. The summed E-state index contributed by atoms with van der Waals surface area (Å²) in [5, 5.41) is 0. The second-order valence-corrected chi connectivity index (χ2v) is 5.64. The van der Waals surface area contributed by atoms with E-state index in [-0.39, 0.29) is 23.8 Å². The van der Waals surface area contributed by atoms with Gasteiger partial charge in [-0.25, -0.2) is 9.78 Å². The molecule has 0 amide bonds. The number of ether oxygens (including phenoxy) is 2. The summed E-state index contributed by atoms with van der Waals surface area (Å²) in [6.07, 6.45) is 4.61. The number of esters is 1. The van der Waals surface area contributed by atoms with E-state index >= 15 is 0 Å². The summed E-state index contributed by atoms with van der Waals surface area (Å²) in [7, 11) is 0. The summed E-state index contributed by atoms with van der Waals surface area (Å²) >= 11 is 0. The molecule has 7 nitrogen and oxygen atoms in total. The molecule has 3 rings (SSSR count). The van der Waals surface area contributed by atoms with Gasteiger partial charge in [-0.15, -0.1) is 0 Å². The Hall–Kier alpha value is -3.48. The highest BCUT2D eigenvalue weighted by Crippen LogP contribution is 2.22. The van der Waals surface area contributed by atoms with Crippen molar-refractivity contribution >= 4 is 11.8 Å². The molecule has 3 aromatic rings. The molecule has 132 valence electrons. The third-order valence-electron chi connectivity index (χ3n) is 3.62. The van der Waals surface area contributed by atoms with Gasteiger partial charge in [0.1, 0.15) is 11.3 Å². The van der Waals surface area contributed by atoms with Gasteiger partial charge in [-0.2, -0.15) is 0 Å². The molecule has 0 aliphatic rings. The Bertz CT molecular complexity index is 935. The monoisotopic (exact) mass is 351 g/mol. The van der Waals surface area contributed by atoms with Crippen LogP contribution in [0, 0.1) is 13.8 Å². The van der Waals surface area contributed by atoms with E-state index in [4.69, 9.17) is 9.47 Å². The summed E-state index contributed by atoms with van der Waals surface area (Å²) in [6.45, 7) is 3.29. The van der Waals surface area contributed by atoms with Crippen molar-refractivity contribution in [3.8, 4) is 11.6 Å². The van der Waals surface area contributed by atoms with Crippen molar-refractivity contribution in [1.29, 1.82) is 0 Å². The largest absolute Gasteiger partial charge is 0.454 e. The van der Waals surface area contributed by atoms with Gasteiger partial charge in [0.25, 0.3) is 0 Å². The molecule has 3 heterocycles. The van der Waals surface area contributed by atoms with Crippen LogP contribution in [-0.4, -0.2) is 33.3 Å². The van der Waals surface area contributed by atoms with Crippen molar-refractivity contribution in [3.05, 3.63) is 71.4 Å². The second kappa shape index (κ2) is 7.60. The molecule has 0 saturated carbocycles. The number of rotatable bonds is 6. The Kier molecular flexibility index (Phi) is 5.07. The van der Waals surface area contributed by atoms with Crippen molar-refractivity contribution in [1.82, 2.24) is 15.0 Å². The third-order valence-corrected chi connectivity index (χ3v) is 3.62. The lowest BCUT2D eigenvalue weighted by molar-refractivity contribution is 0.0471. The maximum absolute atomic E-state index is 12.4. The van der Waals surface area contributed by atoms with Crippen molar-refractivity contribution in [2.45, 2.75) is 13.8 Å². The standard InChI is InChI=1S/C19H17N3O4/c1-12-9-16(13(2)22-12)17(23)11-25-19(24)15-6-4-8-21-18(15)26-14-5-3-7-20-10-14/h3-10,22H,11H2,1-2H3. The number of nitrogens with one attached hydrogen (secondary N) is 1. The van der Waals surface area contributed by atoms with Crippen molar-refractivity contribution < 1.29 is 19.1 Å². The van der Waals surface area contributed by atoms with Crippen LogP contribution in [0.4, 0.5) is 0 Å². The molecule has 7 heteroatoms. The number of H-pyrrole nitrogens is 1. The molecule has 0 spiro atoms. The molecular formula is C19H17N3O4. The molecule has 0 unspecified atom stereocenters. The van der Waals surface area contributed by atoms with Crippen LogP contribution in [0.3, 0.4) is 0 Å². The number of nitrogens with zero attached hydrogens (tertiary/aromatic N) is 2. The van der Waals surface area contributed by atoms with E-state index in [0.717, 1.165) is 11.4 Å². The van der Waals surface area contributed by atoms with Gasteiger partial charge in [-0.05, 0) is 44.2 Å². The minimum Gasteiger partial charge on any atom is -0.454 e. The number of aryl methyl sites for hydroxylation is 2. The average Bonchev–Trinajstić information content (AvgIpc) is 2.99. The fourth-order valence-corrected chi connectivity index (χ4v) is 2.45. The van der Waals surface area contributed by atoms with Gasteiger partial charge in [-0.3, -0.25) is 9.78 Å². The zero-order valence-electron chi connectivity index (χ0n) is 14.4. The molecule has 26 heavy (non-hydrogen) atoms. The number of aromatic amines is 1. The number of aromatic nitrogens is 3. The van der Waals surface area contributed by atoms with Gasteiger partial charge in [0, 0.05) is 29.3 Å². The highest BCUT2D eigenvalue weighted by Gasteiger charge is 2.19. The maximum Gasteiger partial charge on any atom is 0.344 e. The zero-order valence-corrected chi connectivity index (χ0v) is 14.4. The number of carbonyl (C=O) groups excluding carboxylic acids is 2. The van der Waals surface area contributed by atoms with Crippen LogP contribution in [0.1, 0.15) is 32.1 Å². The predicted octanol–water partition coefficient (Wildman–Crippen LogP) is 3.25. The summed E-state index contributed by atoms with van der Waals surface area (Å²) in [6, 6.07) is 8.24. The number of Topliss-reactive ketones (excluding diaryl/α,β-unsaturated/α-hetero) is 1. The quantitative estimate of drug-likeness (QED) is 0.541. The van der Waals surface area contributed by atoms with E-state index in [2.05, 4.69) is 15.0 Å². The molecule has 0 atom stereocenters. The lowest BCUT2D eigenvalue weighted by Gasteiger charge is -2.09. The molecule has 0 radical (unpaired) electrons. The Labute approximate surface area is 150 Å². The van der Waals surface area contributed by atoms with Crippen LogP contribution < -0.4 is 4.74 Å². The number of pyridine rings is 2. The van der Waals surface area contributed by atoms with E-state index in [0.29, 0.717) is 11.3 Å². The van der Waals surface area contributed by atoms with Crippen LogP contribution in [0.5, 0.6) is 11.6 Å². The van der Waals surface area contributed by atoms with Crippen molar-refractivity contribution in [2.24, 2.45) is 0 Å². The lowest BCUT2D eigenvalue weighted by atomic mass is 10.1. The molecule has 1 N–H and O–H groups in total. The summed E-state index contributed by atoms with van der Waals surface area (Å²) in [5.41, 5.74) is 2.25.